The molecule has 6 nitrogen and oxygen atoms in total. The van der Waals surface area contributed by atoms with Gasteiger partial charge in [0.05, 0.1) is 11.0 Å². The third-order valence-electron chi connectivity index (χ3n) is 4.67. The van der Waals surface area contributed by atoms with Gasteiger partial charge >= 0.3 is 6.09 Å². The number of carbonyl (C=O) groups excluding carboxylic acids is 1. The molecule has 3 rings (SSSR count). The highest BCUT2D eigenvalue weighted by Gasteiger charge is 2.28. The number of hydrogen-bond donors (Lipinski definition) is 1. The molecule has 24 heavy (non-hydrogen) atoms. The lowest BCUT2D eigenvalue weighted by atomic mass is 10.1. The highest BCUT2D eigenvalue weighted by atomic mass is 16.6. The first kappa shape index (κ1) is 16.6. The molecule has 6 heteroatoms. The molecule has 1 fully saturated rings. The number of piperidine rings is 1. The van der Waals surface area contributed by atoms with Crippen LogP contribution >= 0.6 is 0 Å². The number of anilines is 1. The zero-order valence-corrected chi connectivity index (χ0v) is 14.9. The molecule has 1 aliphatic rings. The number of fused-ring (bicyclic) bond motifs is 1. The first-order valence-electron chi connectivity index (χ1n) is 8.49. The second-order valence-electron chi connectivity index (χ2n) is 7.38. The monoisotopic (exact) mass is 330 g/mol. The van der Waals surface area contributed by atoms with E-state index in [0.29, 0.717) is 0 Å². The summed E-state index contributed by atoms with van der Waals surface area (Å²) in [6.07, 6.45) is 1.37. The molecule has 0 saturated carbocycles. The molecular formula is C18H26N4O2. The van der Waals surface area contributed by atoms with Gasteiger partial charge in [0.2, 0.25) is 5.95 Å². The van der Waals surface area contributed by atoms with Gasteiger partial charge in [-0.15, -0.1) is 0 Å². The average molecular weight is 330 g/mol. The van der Waals surface area contributed by atoms with Gasteiger partial charge in [0.25, 0.3) is 0 Å². The van der Waals surface area contributed by atoms with Crippen molar-refractivity contribution in [3.8, 4) is 0 Å². The van der Waals surface area contributed by atoms with Gasteiger partial charge in [-0.05, 0) is 32.9 Å². The van der Waals surface area contributed by atoms with Gasteiger partial charge in [-0.2, -0.15) is 0 Å². The summed E-state index contributed by atoms with van der Waals surface area (Å²) in [4.78, 5) is 24.1. The molecule has 1 aromatic carbocycles. The summed E-state index contributed by atoms with van der Waals surface area (Å²) in [5.41, 5.74) is 1.80. The lowest BCUT2D eigenvalue weighted by molar-refractivity contribution is 0.0382. The van der Waals surface area contributed by atoms with Crippen molar-refractivity contribution in [3.63, 3.8) is 0 Å². The Kier molecular flexibility index (Phi) is 4.39. The van der Waals surface area contributed by atoms with E-state index < -0.39 is 0 Å². The Morgan fingerprint density at radius 1 is 1.29 bits per heavy atom. The number of imidazole rings is 1. The minimum absolute atomic E-state index is 0.0251. The first-order valence-corrected chi connectivity index (χ1v) is 8.49. The number of hydrogen-bond acceptors (Lipinski definition) is 4. The van der Waals surface area contributed by atoms with Crippen LogP contribution in [0, 0.1) is 0 Å². The largest absolute Gasteiger partial charge is 0.446 e. The van der Waals surface area contributed by atoms with Gasteiger partial charge < -0.3 is 19.5 Å². The minimum atomic E-state index is -0.246. The zero-order valence-electron chi connectivity index (χ0n) is 14.9. The van der Waals surface area contributed by atoms with Gasteiger partial charge in [-0.1, -0.05) is 12.1 Å². The average Bonchev–Trinajstić information content (AvgIpc) is 2.98. The molecule has 130 valence electrons. The van der Waals surface area contributed by atoms with Crippen LogP contribution in [0.1, 0.15) is 33.6 Å². The van der Waals surface area contributed by atoms with Gasteiger partial charge in [-0.3, -0.25) is 0 Å². The number of benzene rings is 1. The van der Waals surface area contributed by atoms with Crippen LogP contribution in [0.25, 0.3) is 11.0 Å². The number of para-hydroxylation sites is 2. The number of nitrogens with one attached hydrogen (secondary N) is 1. The Bertz CT molecular complexity index is 678. The van der Waals surface area contributed by atoms with E-state index >= 15 is 0 Å². The maximum atomic E-state index is 12.2. The summed E-state index contributed by atoms with van der Waals surface area (Å²) in [6, 6.07) is 8.03. The summed E-state index contributed by atoms with van der Waals surface area (Å²) >= 11 is 0. The Balaban J connectivity index is 1.57. The molecule has 0 unspecified atom stereocenters. The van der Waals surface area contributed by atoms with E-state index in [-0.39, 0.29) is 17.7 Å². The quantitative estimate of drug-likeness (QED) is 0.917. The minimum Gasteiger partial charge on any atom is -0.446 e. The molecule has 0 radical (unpaired) electrons. The highest BCUT2D eigenvalue weighted by Crippen LogP contribution is 2.23. The van der Waals surface area contributed by atoms with Crippen molar-refractivity contribution in [1.82, 2.24) is 14.9 Å². The predicted molar refractivity (Wildman–Crippen MR) is 95.3 cm³/mol. The normalized spacial score (nSPS) is 16.4. The molecule has 2 heterocycles. The van der Waals surface area contributed by atoms with Crippen molar-refractivity contribution in [2.75, 3.05) is 25.0 Å². The van der Waals surface area contributed by atoms with Crippen molar-refractivity contribution in [2.24, 2.45) is 0 Å². The van der Waals surface area contributed by atoms with E-state index in [9.17, 15) is 4.79 Å². The van der Waals surface area contributed by atoms with Crippen molar-refractivity contribution in [2.45, 2.75) is 45.3 Å². The van der Waals surface area contributed by atoms with Crippen LogP contribution in [0.3, 0.4) is 0 Å². The van der Waals surface area contributed by atoms with E-state index in [1.165, 1.54) is 0 Å². The molecule has 0 aliphatic carbocycles. The second-order valence-corrected chi connectivity index (χ2v) is 7.38. The molecule has 1 N–H and O–H groups in total. The summed E-state index contributed by atoms with van der Waals surface area (Å²) in [7, 11) is 1.78. The number of nitrogens with zero attached hydrogens (tertiary/aromatic N) is 3. The standard InChI is InChI=1S/C18H26N4O2/c1-18(2,3)21(4)17(23)24-13-9-11-22(12-10-13)16-19-14-7-5-6-8-15(14)20-16/h5-8,13H,9-12H2,1-4H3,(H,19,20). The fourth-order valence-electron chi connectivity index (χ4n) is 2.77. The molecule has 1 amide bonds. The van der Waals surface area contributed by atoms with Crippen LogP contribution in [0.5, 0.6) is 0 Å². The Morgan fingerprint density at radius 2 is 1.96 bits per heavy atom. The third kappa shape index (κ3) is 3.47. The van der Waals surface area contributed by atoms with E-state index in [4.69, 9.17) is 4.74 Å². The lowest BCUT2D eigenvalue weighted by Crippen LogP contribution is -2.46. The van der Waals surface area contributed by atoms with Gasteiger partial charge in [0.15, 0.2) is 0 Å². The zero-order chi connectivity index (χ0) is 17.3. The van der Waals surface area contributed by atoms with Crippen LogP contribution in [-0.4, -0.2) is 52.7 Å². The molecule has 0 atom stereocenters. The van der Waals surface area contributed by atoms with E-state index in [2.05, 4.69) is 14.9 Å². The molecule has 0 spiro atoms. The van der Waals surface area contributed by atoms with Gasteiger partial charge in [-0.25, -0.2) is 9.78 Å². The van der Waals surface area contributed by atoms with Crippen LogP contribution in [0.15, 0.2) is 24.3 Å². The number of carbonyl (C=O) groups is 1. The number of H-pyrrole nitrogens is 1. The molecule has 1 aliphatic heterocycles. The third-order valence-corrected chi connectivity index (χ3v) is 4.67. The Labute approximate surface area is 142 Å². The molecule has 1 aromatic heterocycles. The summed E-state index contributed by atoms with van der Waals surface area (Å²) < 4.78 is 5.65. The highest BCUT2D eigenvalue weighted by molar-refractivity contribution is 5.77. The van der Waals surface area contributed by atoms with Crippen LogP contribution in [0.2, 0.25) is 0 Å². The maximum absolute atomic E-state index is 12.2. The lowest BCUT2D eigenvalue weighted by Gasteiger charge is -2.35. The van der Waals surface area contributed by atoms with E-state index in [1.54, 1.807) is 11.9 Å². The van der Waals surface area contributed by atoms with Gasteiger partial charge in [0.1, 0.15) is 6.10 Å². The summed E-state index contributed by atoms with van der Waals surface area (Å²) in [5, 5.41) is 0. The molecule has 1 saturated heterocycles. The Hall–Kier alpha value is -2.24. The Morgan fingerprint density at radius 3 is 2.58 bits per heavy atom. The number of aromatic nitrogens is 2. The maximum Gasteiger partial charge on any atom is 0.410 e. The van der Waals surface area contributed by atoms with Crippen molar-refractivity contribution >= 4 is 23.1 Å². The molecule has 2 aromatic rings. The molecule has 0 bridgehead atoms. The van der Waals surface area contributed by atoms with Crippen LogP contribution in [0.4, 0.5) is 10.7 Å². The van der Waals surface area contributed by atoms with Crippen LogP contribution in [-0.2, 0) is 4.74 Å². The summed E-state index contributed by atoms with van der Waals surface area (Å²) in [5.74, 6) is 0.896. The fourth-order valence-corrected chi connectivity index (χ4v) is 2.77. The topological polar surface area (TPSA) is 61.5 Å². The predicted octanol–water partition coefficient (Wildman–Crippen LogP) is 3.40. The van der Waals surface area contributed by atoms with Crippen LogP contribution < -0.4 is 4.90 Å². The fraction of sp³-hybridized carbons (Fsp3) is 0.556. The van der Waals surface area contributed by atoms with E-state index in [1.807, 2.05) is 45.0 Å². The smallest absolute Gasteiger partial charge is 0.410 e. The number of rotatable bonds is 2. The van der Waals surface area contributed by atoms with Gasteiger partial charge in [0, 0.05) is 38.5 Å². The SMILES string of the molecule is CN(C(=O)OC1CCN(c2nc3ccccc3[nH]2)CC1)C(C)(C)C. The van der Waals surface area contributed by atoms with Crippen molar-refractivity contribution < 1.29 is 9.53 Å². The van der Waals surface area contributed by atoms with Crippen molar-refractivity contribution in [1.29, 1.82) is 0 Å². The second kappa shape index (κ2) is 6.34. The first-order chi connectivity index (χ1) is 11.3. The van der Waals surface area contributed by atoms with Crippen molar-refractivity contribution in [3.05, 3.63) is 24.3 Å². The summed E-state index contributed by atoms with van der Waals surface area (Å²) in [6.45, 7) is 7.66. The number of aromatic amines is 1. The number of ether oxygens (including phenoxy) is 1. The van der Waals surface area contributed by atoms with E-state index in [0.717, 1.165) is 42.9 Å². The molecular weight excluding hydrogens is 304 g/mol. The number of amides is 1.